The molecule has 13 heteroatoms. The lowest BCUT2D eigenvalue weighted by Crippen LogP contribution is -2.57. The number of amides is 4. The molecular formula is C20H27N5O8. The minimum absolute atomic E-state index is 0.00655. The average molecular weight is 465 g/mol. The van der Waals surface area contributed by atoms with Crippen LogP contribution < -0.4 is 27.4 Å². The second-order valence-corrected chi connectivity index (χ2v) is 7.13. The Kier molecular flexibility index (Phi) is 11.0. The van der Waals surface area contributed by atoms with Crippen LogP contribution in [0.5, 0.6) is 0 Å². The van der Waals surface area contributed by atoms with E-state index in [1.54, 1.807) is 30.3 Å². The third-order valence-electron chi connectivity index (χ3n) is 4.37. The Morgan fingerprint density at radius 1 is 0.848 bits per heavy atom. The molecule has 1 aromatic rings. The van der Waals surface area contributed by atoms with Gasteiger partial charge in [-0.3, -0.25) is 28.8 Å². The number of hydrogen-bond acceptors (Lipinski definition) is 7. The first-order chi connectivity index (χ1) is 15.5. The molecule has 0 radical (unpaired) electrons. The zero-order valence-electron chi connectivity index (χ0n) is 17.7. The van der Waals surface area contributed by atoms with E-state index in [1.807, 2.05) is 0 Å². The molecule has 0 saturated heterocycles. The number of carboxylic acids is 2. The van der Waals surface area contributed by atoms with Gasteiger partial charge in [-0.1, -0.05) is 30.3 Å². The first-order valence-corrected chi connectivity index (χ1v) is 9.89. The molecule has 0 bridgehead atoms. The van der Waals surface area contributed by atoms with E-state index < -0.39 is 66.7 Å². The van der Waals surface area contributed by atoms with E-state index in [2.05, 4.69) is 16.0 Å². The summed E-state index contributed by atoms with van der Waals surface area (Å²) in [7, 11) is 0. The van der Waals surface area contributed by atoms with E-state index >= 15 is 0 Å². The Bertz CT molecular complexity index is 876. The van der Waals surface area contributed by atoms with Gasteiger partial charge in [-0.15, -0.1) is 0 Å². The van der Waals surface area contributed by atoms with Crippen LogP contribution in [0.3, 0.4) is 0 Å². The van der Waals surface area contributed by atoms with Crippen LogP contribution in [0, 0.1) is 0 Å². The first-order valence-electron chi connectivity index (χ1n) is 9.89. The zero-order chi connectivity index (χ0) is 25.0. The lowest BCUT2D eigenvalue weighted by atomic mass is 10.0. The Balaban J connectivity index is 2.96. The standard InChI is InChI=1S/C20H27N5O8/c21-12(6-7-16(27)28)18(31)24-14(9-15(22)26)20(33)25-13(19(32)23-10-17(29)30)8-11-4-2-1-3-5-11/h1-5,12-14H,6-10,21H2,(H2,22,26)(H,23,32)(H,24,31)(H,25,33)(H,27,28)(H,29,30). The maximum absolute atomic E-state index is 12.8. The lowest BCUT2D eigenvalue weighted by Gasteiger charge is -2.23. The van der Waals surface area contributed by atoms with Crippen molar-refractivity contribution >= 4 is 35.6 Å². The summed E-state index contributed by atoms with van der Waals surface area (Å²) in [6.45, 7) is -0.681. The van der Waals surface area contributed by atoms with Crippen molar-refractivity contribution in [2.75, 3.05) is 6.54 Å². The monoisotopic (exact) mass is 465 g/mol. The number of nitrogens with two attached hydrogens (primary N) is 2. The Hall–Kier alpha value is -4.00. The van der Waals surface area contributed by atoms with Gasteiger partial charge in [0.25, 0.3) is 0 Å². The molecule has 0 aromatic heterocycles. The van der Waals surface area contributed by atoms with Gasteiger partial charge in [-0.25, -0.2) is 0 Å². The third-order valence-corrected chi connectivity index (χ3v) is 4.37. The van der Waals surface area contributed by atoms with Gasteiger partial charge in [-0.05, 0) is 12.0 Å². The first kappa shape index (κ1) is 27.0. The van der Waals surface area contributed by atoms with Crippen molar-refractivity contribution < 1.29 is 39.0 Å². The van der Waals surface area contributed by atoms with Crippen molar-refractivity contribution in [3.63, 3.8) is 0 Å². The fraction of sp³-hybridized carbons (Fsp3) is 0.400. The molecule has 3 atom stereocenters. The number of rotatable bonds is 14. The van der Waals surface area contributed by atoms with E-state index in [-0.39, 0.29) is 19.3 Å². The van der Waals surface area contributed by atoms with Gasteiger partial charge in [0.05, 0.1) is 12.5 Å². The van der Waals surface area contributed by atoms with E-state index in [9.17, 15) is 28.8 Å². The minimum Gasteiger partial charge on any atom is -0.481 e. The Morgan fingerprint density at radius 2 is 1.45 bits per heavy atom. The SMILES string of the molecule is NC(=O)CC(NC(=O)C(N)CCC(=O)O)C(=O)NC(Cc1ccccc1)C(=O)NCC(=O)O. The topological polar surface area (TPSA) is 231 Å². The number of carbonyl (C=O) groups is 6. The van der Waals surface area contributed by atoms with Gasteiger partial charge in [0.2, 0.25) is 23.6 Å². The highest BCUT2D eigenvalue weighted by molar-refractivity contribution is 5.96. The third kappa shape index (κ3) is 10.7. The van der Waals surface area contributed by atoms with E-state index in [4.69, 9.17) is 21.7 Å². The van der Waals surface area contributed by atoms with Crippen LogP contribution in [0.15, 0.2) is 30.3 Å². The predicted octanol–water partition coefficient (Wildman–Crippen LogP) is -2.53. The molecule has 1 rings (SSSR count). The average Bonchev–Trinajstić information content (AvgIpc) is 2.74. The second kappa shape index (κ2) is 13.4. The summed E-state index contributed by atoms with van der Waals surface area (Å²) in [6, 6.07) is 4.55. The van der Waals surface area contributed by atoms with Crippen molar-refractivity contribution in [2.45, 2.75) is 43.8 Å². The van der Waals surface area contributed by atoms with Crippen LogP contribution in [-0.2, 0) is 35.2 Å². The fourth-order valence-electron chi connectivity index (χ4n) is 2.72. The largest absolute Gasteiger partial charge is 0.481 e. The van der Waals surface area contributed by atoms with Gasteiger partial charge in [0.15, 0.2) is 0 Å². The van der Waals surface area contributed by atoms with Crippen LogP contribution >= 0.6 is 0 Å². The van der Waals surface area contributed by atoms with E-state index in [0.717, 1.165) is 0 Å². The summed E-state index contributed by atoms with van der Waals surface area (Å²) in [5, 5.41) is 24.3. The molecule has 0 aliphatic carbocycles. The number of nitrogens with one attached hydrogen (secondary N) is 3. The molecule has 0 aliphatic heterocycles. The molecule has 0 saturated carbocycles. The molecule has 13 nitrogen and oxygen atoms in total. The number of hydrogen-bond donors (Lipinski definition) is 7. The van der Waals surface area contributed by atoms with Gasteiger partial charge >= 0.3 is 11.9 Å². The van der Waals surface area contributed by atoms with Crippen molar-refractivity contribution in [3.8, 4) is 0 Å². The number of benzene rings is 1. The molecule has 9 N–H and O–H groups in total. The highest BCUT2D eigenvalue weighted by atomic mass is 16.4. The van der Waals surface area contributed by atoms with Crippen LogP contribution in [0.25, 0.3) is 0 Å². The summed E-state index contributed by atoms with van der Waals surface area (Å²) in [5.74, 6) is -5.99. The molecule has 0 heterocycles. The molecule has 1 aromatic carbocycles. The van der Waals surface area contributed by atoms with Crippen molar-refractivity contribution in [1.29, 1.82) is 0 Å². The molecule has 0 fully saturated rings. The van der Waals surface area contributed by atoms with Crippen molar-refractivity contribution in [1.82, 2.24) is 16.0 Å². The molecule has 0 spiro atoms. The minimum atomic E-state index is -1.49. The number of aliphatic carboxylic acids is 2. The summed E-state index contributed by atoms with van der Waals surface area (Å²) < 4.78 is 0. The van der Waals surface area contributed by atoms with Gasteiger partial charge < -0.3 is 37.6 Å². The van der Waals surface area contributed by atoms with Crippen molar-refractivity contribution in [2.24, 2.45) is 11.5 Å². The molecule has 33 heavy (non-hydrogen) atoms. The summed E-state index contributed by atoms with van der Waals surface area (Å²) in [5.41, 5.74) is 11.4. The summed E-state index contributed by atoms with van der Waals surface area (Å²) >= 11 is 0. The molecule has 4 amide bonds. The van der Waals surface area contributed by atoms with Crippen LogP contribution in [-0.4, -0.2) is 70.5 Å². The number of carboxylic acid groups (broad SMARTS) is 2. The molecule has 180 valence electrons. The zero-order valence-corrected chi connectivity index (χ0v) is 17.7. The Morgan fingerprint density at radius 3 is 2.00 bits per heavy atom. The maximum atomic E-state index is 12.8. The molecule has 3 unspecified atom stereocenters. The second-order valence-electron chi connectivity index (χ2n) is 7.13. The summed E-state index contributed by atoms with van der Waals surface area (Å²) in [6.07, 6.45) is -1.21. The fourth-order valence-corrected chi connectivity index (χ4v) is 2.72. The highest BCUT2D eigenvalue weighted by Crippen LogP contribution is 2.05. The van der Waals surface area contributed by atoms with Crippen LogP contribution in [0.1, 0.15) is 24.8 Å². The smallest absolute Gasteiger partial charge is 0.322 e. The normalized spacial score (nSPS) is 13.1. The number of primary amides is 1. The predicted molar refractivity (Wildman–Crippen MR) is 113 cm³/mol. The lowest BCUT2D eigenvalue weighted by molar-refractivity contribution is -0.139. The van der Waals surface area contributed by atoms with Gasteiger partial charge in [0, 0.05) is 12.8 Å². The van der Waals surface area contributed by atoms with Crippen LogP contribution in [0.2, 0.25) is 0 Å². The van der Waals surface area contributed by atoms with Crippen molar-refractivity contribution in [3.05, 3.63) is 35.9 Å². The molecule has 0 aliphatic rings. The highest BCUT2D eigenvalue weighted by Gasteiger charge is 2.29. The Labute approximate surface area is 188 Å². The van der Waals surface area contributed by atoms with Gasteiger partial charge in [-0.2, -0.15) is 0 Å². The molecular weight excluding hydrogens is 438 g/mol. The maximum Gasteiger partial charge on any atom is 0.322 e. The van der Waals surface area contributed by atoms with E-state index in [0.29, 0.717) is 5.56 Å². The van der Waals surface area contributed by atoms with Gasteiger partial charge in [0.1, 0.15) is 18.6 Å². The summed E-state index contributed by atoms with van der Waals surface area (Å²) in [4.78, 5) is 70.3. The number of carbonyl (C=O) groups excluding carboxylic acids is 4. The van der Waals surface area contributed by atoms with E-state index in [1.165, 1.54) is 0 Å². The quantitative estimate of drug-likeness (QED) is 0.153. The van der Waals surface area contributed by atoms with Crippen LogP contribution in [0.4, 0.5) is 0 Å².